The zero-order valence-corrected chi connectivity index (χ0v) is 28.2. The number of nitrogens with one attached hydrogen (secondary N) is 3. The van der Waals surface area contributed by atoms with Gasteiger partial charge in [-0.25, -0.2) is 9.59 Å². The van der Waals surface area contributed by atoms with Crippen molar-refractivity contribution in [2.75, 3.05) is 16.0 Å². The van der Waals surface area contributed by atoms with E-state index < -0.39 is 40.6 Å². The fraction of sp³-hybridized carbons (Fsp3) is 0.216. The molecule has 13 nitrogen and oxygen atoms in total. The Bertz CT molecular complexity index is 2010. The Labute approximate surface area is 287 Å². The number of anilines is 3. The number of Topliss-reactive ketones (excluding diaryl/α,β-unsaturated/α-hetero) is 1. The number of carbonyl (C=O) groups excluding carboxylic acids is 3. The number of benzene rings is 4. The van der Waals surface area contributed by atoms with Crippen molar-refractivity contribution in [3.63, 3.8) is 0 Å². The third-order valence-electron chi connectivity index (χ3n) is 7.28. The van der Waals surface area contributed by atoms with Gasteiger partial charge >= 0.3 is 17.8 Å². The summed E-state index contributed by atoms with van der Waals surface area (Å²) in [5, 5.41) is 30.8. The predicted molar refractivity (Wildman–Crippen MR) is 188 cm³/mol. The van der Waals surface area contributed by atoms with Crippen LogP contribution in [0.5, 0.6) is 11.5 Å². The molecule has 50 heavy (non-hydrogen) atoms. The minimum atomic E-state index is -1.33. The van der Waals surface area contributed by atoms with Crippen LogP contribution in [0.15, 0.2) is 84.0 Å². The van der Waals surface area contributed by atoms with Crippen molar-refractivity contribution in [1.29, 1.82) is 0 Å². The first-order chi connectivity index (χ1) is 23.4. The van der Waals surface area contributed by atoms with Crippen LogP contribution in [0.4, 0.5) is 17.1 Å². The van der Waals surface area contributed by atoms with Crippen LogP contribution in [0, 0.1) is 11.8 Å². The summed E-state index contributed by atoms with van der Waals surface area (Å²) in [4.78, 5) is 74.8. The number of ketones is 1. The third-order valence-corrected chi connectivity index (χ3v) is 7.28. The van der Waals surface area contributed by atoms with E-state index in [1.807, 2.05) is 39.8 Å². The highest BCUT2D eigenvalue weighted by Gasteiger charge is 2.32. The van der Waals surface area contributed by atoms with Gasteiger partial charge in [0.05, 0.1) is 27.8 Å². The fourth-order valence-corrected chi connectivity index (χ4v) is 5.03. The maximum atomic E-state index is 13.8. The lowest BCUT2D eigenvalue weighted by atomic mass is 9.89. The molecule has 0 bridgehead atoms. The van der Waals surface area contributed by atoms with Crippen molar-refractivity contribution < 1.29 is 38.9 Å². The van der Waals surface area contributed by atoms with Crippen LogP contribution in [0.1, 0.15) is 92.0 Å². The lowest BCUT2D eigenvalue weighted by Crippen LogP contribution is -2.41. The molecular formula is C37H36N4O9. The van der Waals surface area contributed by atoms with Gasteiger partial charge in [0.2, 0.25) is 0 Å². The Kier molecular flexibility index (Phi) is 10.5. The van der Waals surface area contributed by atoms with Crippen molar-refractivity contribution in [1.82, 2.24) is 0 Å². The zero-order chi connectivity index (χ0) is 37.0. The molecule has 5 N–H and O–H groups in total. The van der Waals surface area contributed by atoms with Gasteiger partial charge in [-0.2, -0.15) is 0 Å². The van der Waals surface area contributed by atoms with E-state index in [0.29, 0.717) is 11.4 Å². The summed E-state index contributed by atoms with van der Waals surface area (Å²) < 4.78 is 5.93. The second kappa shape index (κ2) is 14.4. The maximum absolute atomic E-state index is 13.8. The lowest BCUT2D eigenvalue weighted by molar-refractivity contribution is 0.0683. The first kappa shape index (κ1) is 36.5. The van der Waals surface area contributed by atoms with Crippen LogP contribution in [0.25, 0.3) is 0 Å². The summed E-state index contributed by atoms with van der Waals surface area (Å²) in [6.45, 7) is 10.8. The fourth-order valence-electron chi connectivity index (χ4n) is 5.03. The number of carboxylic acids is 2. The maximum Gasteiger partial charge on any atom is 0.336 e. The van der Waals surface area contributed by atoms with Crippen LogP contribution >= 0.6 is 0 Å². The highest BCUT2D eigenvalue weighted by atomic mass is 16.5. The molecule has 0 aromatic heterocycles. The van der Waals surface area contributed by atoms with E-state index >= 15 is 0 Å². The quantitative estimate of drug-likeness (QED) is 0.0727. The molecule has 0 radical (unpaired) electrons. The topological polar surface area (TPSA) is 201 Å². The zero-order valence-electron chi connectivity index (χ0n) is 28.2. The standard InChI is InChI=1S/C37H36N4O9/c1-20-7-9-22(10-8-20)40-37(5,6)31(42)29-18-25(12-14-28(29)35(47)48)50-26-11-13-27(33(44)41-49)30(19-26)32(43)38-23-15-21(34(45)46)16-24(17-23)39-36(2,3)4/h7-19,39-40H,1-6H3,(H,38,43)(H,45,46)(H,47,48). The summed E-state index contributed by atoms with van der Waals surface area (Å²) in [5.74, 6) is -5.20. The summed E-state index contributed by atoms with van der Waals surface area (Å²) in [5.41, 5.74) is -0.725. The number of hydrogen-bond donors (Lipinski definition) is 5. The number of nitroso groups, excluding NO2 is 1. The number of aryl methyl sites for hydroxylation is 1. The molecule has 0 saturated carbocycles. The minimum Gasteiger partial charge on any atom is -0.478 e. The molecule has 0 saturated heterocycles. The van der Waals surface area contributed by atoms with E-state index in [-0.39, 0.29) is 45.0 Å². The highest BCUT2D eigenvalue weighted by molar-refractivity contribution is 6.13. The van der Waals surface area contributed by atoms with E-state index in [4.69, 9.17) is 4.74 Å². The molecule has 258 valence electrons. The molecule has 4 aromatic rings. The summed E-state index contributed by atoms with van der Waals surface area (Å²) in [7, 11) is 0. The van der Waals surface area contributed by atoms with Gasteiger partial charge in [0.25, 0.3) is 5.91 Å². The van der Waals surface area contributed by atoms with E-state index in [9.17, 15) is 39.1 Å². The number of aromatic carboxylic acids is 2. The van der Waals surface area contributed by atoms with Crippen molar-refractivity contribution in [3.8, 4) is 11.5 Å². The summed E-state index contributed by atoms with van der Waals surface area (Å²) in [6.07, 6.45) is 0. The van der Waals surface area contributed by atoms with Gasteiger partial charge < -0.3 is 30.9 Å². The molecule has 0 heterocycles. The molecule has 4 aromatic carbocycles. The van der Waals surface area contributed by atoms with Gasteiger partial charge in [0.1, 0.15) is 11.5 Å². The Morgan fingerprint density at radius 1 is 0.640 bits per heavy atom. The van der Waals surface area contributed by atoms with Crippen molar-refractivity contribution in [3.05, 3.63) is 117 Å². The number of ether oxygens (including phenoxy) is 1. The average Bonchev–Trinajstić information content (AvgIpc) is 3.03. The molecular weight excluding hydrogens is 644 g/mol. The molecule has 0 spiro atoms. The van der Waals surface area contributed by atoms with Gasteiger partial charge in [-0.1, -0.05) is 17.7 Å². The van der Waals surface area contributed by atoms with Gasteiger partial charge in [-0.15, -0.1) is 4.91 Å². The number of hydrogen-bond acceptors (Lipinski definition) is 9. The van der Waals surface area contributed by atoms with Crippen LogP contribution in [-0.4, -0.2) is 50.8 Å². The molecule has 4 rings (SSSR count). The molecule has 0 fully saturated rings. The molecule has 13 heteroatoms. The van der Waals surface area contributed by atoms with Gasteiger partial charge in [-0.05, 0) is 108 Å². The third kappa shape index (κ3) is 8.95. The van der Waals surface area contributed by atoms with Crippen LogP contribution < -0.4 is 20.7 Å². The monoisotopic (exact) mass is 680 g/mol. The second-order valence-corrected chi connectivity index (χ2v) is 13.1. The van der Waals surface area contributed by atoms with E-state index in [1.54, 1.807) is 26.0 Å². The largest absolute Gasteiger partial charge is 0.478 e. The number of amides is 2. The SMILES string of the molecule is Cc1ccc(NC(C)(C)C(=O)c2cc(Oc3ccc(C(=O)N=O)c(C(=O)Nc4cc(NC(C)(C)C)cc(C(=O)O)c4)c3)ccc2C(=O)O)cc1. The van der Waals surface area contributed by atoms with Crippen molar-refractivity contribution >= 4 is 46.6 Å². The first-order valence-electron chi connectivity index (χ1n) is 15.3. The Hall–Kier alpha value is -6.37. The van der Waals surface area contributed by atoms with Gasteiger partial charge in [0.15, 0.2) is 5.78 Å². The molecule has 0 aliphatic carbocycles. The molecule has 0 unspecified atom stereocenters. The molecule has 2 amide bonds. The van der Waals surface area contributed by atoms with E-state index in [0.717, 1.165) is 11.6 Å². The van der Waals surface area contributed by atoms with E-state index in [1.165, 1.54) is 48.5 Å². The Morgan fingerprint density at radius 3 is 1.78 bits per heavy atom. The van der Waals surface area contributed by atoms with Crippen LogP contribution in [0.2, 0.25) is 0 Å². The lowest BCUT2D eigenvalue weighted by Gasteiger charge is -2.27. The Morgan fingerprint density at radius 2 is 1.22 bits per heavy atom. The average molecular weight is 681 g/mol. The highest BCUT2D eigenvalue weighted by Crippen LogP contribution is 2.30. The number of carbonyl (C=O) groups is 5. The summed E-state index contributed by atoms with van der Waals surface area (Å²) >= 11 is 0. The van der Waals surface area contributed by atoms with E-state index in [2.05, 4.69) is 21.1 Å². The minimum absolute atomic E-state index is 0.00881. The smallest absolute Gasteiger partial charge is 0.336 e. The Balaban J connectivity index is 1.69. The molecule has 0 aliphatic heterocycles. The van der Waals surface area contributed by atoms with Crippen LogP contribution in [0.3, 0.4) is 0 Å². The predicted octanol–water partition coefficient (Wildman–Crippen LogP) is 7.63. The van der Waals surface area contributed by atoms with Crippen molar-refractivity contribution in [2.45, 2.75) is 52.6 Å². The van der Waals surface area contributed by atoms with Gasteiger partial charge in [0, 0.05) is 33.3 Å². The summed E-state index contributed by atoms with van der Waals surface area (Å²) in [6, 6.07) is 18.9. The number of carboxylic acid groups (broad SMARTS) is 2. The van der Waals surface area contributed by atoms with Gasteiger partial charge in [-0.3, -0.25) is 14.4 Å². The van der Waals surface area contributed by atoms with Crippen LogP contribution in [-0.2, 0) is 0 Å². The number of rotatable bonds is 12. The first-order valence-corrected chi connectivity index (χ1v) is 15.3. The molecule has 0 aliphatic rings. The second-order valence-electron chi connectivity index (χ2n) is 13.1. The number of nitrogens with zero attached hydrogens (tertiary/aromatic N) is 1. The molecule has 0 atom stereocenters. The van der Waals surface area contributed by atoms with Crippen molar-refractivity contribution in [2.24, 2.45) is 5.18 Å². The normalized spacial score (nSPS) is 11.2.